The van der Waals surface area contributed by atoms with Crippen LogP contribution >= 0.6 is 0 Å². The Morgan fingerprint density at radius 2 is 2.25 bits per heavy atom. The summed E-state index contributed by atoms with van der Waals surface area (Å²) >= 11 is 0. The summed E-state index contributed by atoms with van der Waals surface area (Å²) in [6.07, 6.45) is 6.01. The lowest BCUT2D eigenvalue weighted by molar-refractivity contribution is 0.0191. The Kier molecular flexibility index (Phi) is 3.56. The van der Waals surface area contributed by atoms with Gasteiger partial charge in [-0.25, -0.2) is 0 Å². The highest BCUT2D eigenvalue weighted by atomic mass is 16.5. The van der Waals surface area contributed by atoms with Gasteiger partial charge in [-0.05, 0) is 44.4 Å². The van der Waals surface area contributed by atoms with E-state index in [0.29, 0.717) is 6.04 Å². The monoisotopic (exact) mass is 220 g/mol. The van der Waals surface area contributed by atoms with Crippen LogP contribution < -0.4 is 5.32 Å². The average Bonchev–Trinajstić information content (AvgIpc) is 2.75. The lowest BCUT2D eigenvalue weighted by atomic mass is 10.0. The third kappa shape index (κ3) is 2.80. The highest BCUT2D eigenvalue weighted by Crippen LogP contribution is 2.25. The van der Waals surface area contributed by atoms with Gasteiger partial charge in [0.15, 0.2) is 0 Å². The third-order valence-corrected chi connectivity index (χ3v) is 3.29. The van der Waals surface area contributed by atoms with Crippen molar-refractivity contribution in [1.29, 1.82) is 0 Å². The van der Waals surface area contributed by atoms with Crippen LogP contribution in [0.5, 0.6) is 0 Å². The average molecular weight is 220 g/mol. The Labute approximate surface area is 97.2 Å². The number of aromatic nitrogens is 1. The van der Waals surface area contributed by atoms with E-state index in [0.717, 1.165) is 19.6 Å². The van der Waals surface area contributed by atoms with Gasteiger partial charge in [0.25, 0.3) is 0 Å². The van der Waals surface area contributed by atoms with Gasteiger partial charge in [-0.3, -0.25) is 4.98 Å². The molecular weight excluding hydrogens is 200 g/mol. The summed E-state index contributed by atoms with van der Waals surface area (Å²) in [6, 6.07) is 4.45. The lowest BCUT2D eigenvalue weighted by Gasteiger charge is -2.26. The van der Waals surface area contributed by atoms with Gasteiger partial charge >= 0.3 is 0 Å². The van der Waals surface area contributed by atoms with Crippen molar-refractivity contribution < 1.29 is 4.74 Å². The molecule has 1 saturated heterocycles. The van der Waals surface area contributed by atoms with E-state index < -0.39 is 0 Å². The number of nitrogens with one attached hydrogen (secondary N) is 1. The third-order valence-electron chi connectivity index (χ3n) is 3.29. The Balaban J connectivity index is 1.86. The number of hydrogen-bond donors (Lipinski definition) is 1. The molecule has 1 aliphatic rings. The number of rotatable bonds is 4. The smallest absolute Gasteiger partial charge is 0.0779 e. The molecule has 0 radical (unpaired) electrons. The Morgan fingerprint density at radius 3 is 2.88 bits per heavy atom. The molecule has 1 aromatic heterocycles. The normalized spacial score (nSPS) is 26.9. The summed E-state index contributed by atoms with van der Waals surface area (Å²) in [5.74, 6) is 0. The molecule has 1 aromatic rings. The SMILES string of the molecule is CC(NCC1(C)CCCO1)c1ccncc1. The quantitative estimate of drug-likeness (QED) is 0.845. The van der Waals surface area contributed by atoms with Gasteiger partial charge in [-0.2, -0.15) is 0 Å². The van der Waals surface area contributed by atoms with Crippen LogP contribution in [0.1, 0.15) is 38.3 Å². The van der Waals surface area contributed by atoms with Crippen LogP contribution in [0, 0.1) is 0 Å². The Hall–Kier alpha value is -0.930. The summed E-state index contributed by atoms with van der Waals surface area (Å²) in [4.78, 5) is 4.03. The van der Waals surface area contributed by atoms with E-state index in [1.54, 1.807) is 0 Å². The van der Waals surface area contributed by atoms with Gasteiger partial charge in [-0.15, -0.1) is 0 Å². The maximum absolute atomic E-state index is 5.75. The van der Waals surface area contributed by atoms with Gasteiger partial charge in [-0.1, -0.05) is 0 Å². The van der Waals surface area contributed by atoms with E-state index in [1.165, 1.54) is 12.0 Å². The fraction of sp³-hybridized carbons (Fsp3) is 0.615. The van der Waals surface area contributed by atoms with E-state index in [4.69, 9.17) is 4.74 Å². The molecule has 2 rings (SSSR count). The maximum atomic E-state index is 5.75. The zero-order valence-corrected chi connectivity index (χ0v) is 10.1. The van der Waals surface area contributed by atoms with Crippen molar-refractivity contribution in [1.82, 2.24) is 10.3 Å². The molecule has 88 valence electrons. The second-order valence-electron chi connectivity index (χ2n) is 4.79. The number of pyridine rings is 1. The predicted molar refractivity (Wildman–Crippen MR) is 64.2 cm³/mol. The molecule has 3 heteroatoms. The second-order valence-corrected chi connectivity index (χ2v) is 4.79. The fourth-order valence-corrected chi connectivity index (χ4v) is 2.12. The molecule has 2 heterocycles. The summed E-state index contributed by atoms with van der Waals surface area (Å²) in [6.45, 7) is 6.18. The molecule has 0 spiro atoms. The van der Waals surface area contributed by atoms with Gasteiger partial charge in [0.05, 0.1) is 5.60 Å². The van der Waals surface area contributed by atoms with E-state index in [9.17, 15) is 0 Å². The minimum Gasteiger partial charge on any atom is -0.374 e. The molecule has 16 heavy (non-hydrogen) atoms. The van der Waals surface area contributed by atoms with Gasteiger partial charge in [0.2, 0.25) is 0 Å². The highest BCUT2D eigenvalue weighted by molar-refractivity contribution is 5.14. The number of hydrogen-bond acceptors (Lipinski definition) is 3. The predicted octanol–water partition coefficient (Wildman–Crippen LogP) is 2.30. The number of nitrogens with zero attached hydrogens (tertiary/aromatic N) is 1. The molecule has 0 amide bonds. The molecule has 0 saturated carbocycles. The van der Waals surface area contributed by atoms with Crippen molar-refractivity contribution in [2.75, 3.05) is 13.2 Å². The van der Waals surface area contributed by atoms with E-state index in [1.807, 2.05) is 12.4 Å². The van der Waals surface area contributed by atoms with E-state index in [-0.39, 0.29) is 5.60 Å². The van der Waals surface area contributed by atoms with E-state index in [2.05, 4.69) is 36.3 Å². The van der Waals surface area contributed by atoms with Crippen molar-refractivity contribution in [3.8, 4) is 0 Å². The molecule has 1 aliphatic heterocycles. The zero-order chi connectivity index (χ0) is 11.4. The Morgan fingerprint density at radius 1 is 1.50 bits per heavy atom. The zero-order valence-electron chi connectivity index (χ0n) is 10.1. The first kappa shape index (κ1) is 11.6. The molecule has 1 N–H and O–H groups in total. The minimum atomic E-state index is 0.0291. The molecular formula is C13H20N2O. The Bertz CT molecular complexity index is 320. The summed E-state index contributed by atoms with van der Waals surface area (Å²) < 4.78 is 5.75. The van der Waals surface area contributed by atoms with Crippen LogP contribution in [-0.2, 0) is 4.74 Å². The molecule has 0 aromatic carbocycles. The highest BCUT2D eigenvalue weighted by Gasteiger charge is 2.29. The van der Waals surface area contributed by atoms with Crippen LogP contribution in [0.3, 0.4) is 0 Å². The van der Waals surface area contributed by atoms with Crippen LogP contribution in [0.4, 0.5) is 0 Å². The molecule has 1 fully saturated rings. The van der Waals surface area contributed by atoms with Gasteiger partial charge in [0, 0.05) is 31.6 Å². The van der Waals surface area contributed by atoms with Crippen molar-refractivity contribution in [3.05, 3.63) is 30.1 Å². The summed E-state index contributed by atoms with van der Waals surface area (Å²) in [7, 11) is 0. The lowest BCUT2D eigenvalue weighted by Crippen LogP contribution is -2.38. The van der Waals surface area contributed by atoms with Crippen molar-refractivity contribution >= 4 is 0 Å². The minimum absolute atomic E-state index is 0.0291. The fourth-order valence-electron chi connectivity index (χ4n) is 2.12. The molecule has 0 bridgehead atoms. The van der Waals surface area contributed by atoms with Crippen LogP contribution in [-0.4, -0.2) is 23.7 Å². The van der Waals surface area contributed by atoms with Crippen molar-refractivity contribution in [3.63, 3.8) is 0 Å². The molecule has 2 atom stereocenters. The first-order valence-corrected chi connectivity index (χ1v) is 5.97. The molecule has 2 unspecified atom stereocenters. The van der Waals surface area contributed by atoms with E-state index >= 15 is 0 Å². The first-order valence-electron chi connectivity index (χ1n) is 5.97. The largest absolute Gasteiger partial charge is 0.374 e. The van der Waals surface area contributed by atoms with Crippen LogP contribution in [0.25, 0.3) is 0 Å². The number of ether oxygens (including phenoxy) is 1. The summed E-state index contributed by atoms with van der Waals surface area (Å²) in [5, 5.41) is 3.53. The second kappa shape index (κ2) is 4.93. The first-order chi connectivity index (χ1) is 7.70. The summed E-state index contributed by atoms with van der Waals surface area (Å²) in [5.41, 5.74) is 1.30. The van der Waals surface area contributed by atoms with Gasteiger partial charge in [0.1, 0.15) is 0 Å². The standard InChI is InChI=1S/C13H20N2O/c1-11(12-4-7-14-8-5-12)15-10-13(2)6-3-9-16-13/h4-5,7-8,11,15H,3,6,9-10H2,1-2H3. The van der Waals surface area contributed by atoms with Crippen LogP contribution in [0.2, 0.25) is 0 Å². The topological polar surface area (TPSA) is 34.1 Å². The molecule has 0 aliphatic carbocycles. The van der Waals surface area contributed by atoms with Gasteiger partial charge < -0.3 is 10.1 Å². The molecule has 3 nitrogen and oxygen atoms in total. The van der Waals surface area contributed by atoms with Crippen molar-refractivity contribution in [2.45, 2.75) is 38.3 Å². The van der Waals surface area contributed by atoms with Crippen molar-refractivity contribution in [2.24, 2.45) is 0 Å². The van der Waals surface area contributed by atoms with Crippen LogP contribution in [0.15, 0.2) is 24.5 Å². The maximum Gasteiger partial charge on any atom is 0.0779 e.